The van der Waals surface area contributed by atoms with Crippen molar-refractivity contribution in [1.29, 1.82) is 0 Å². The molecule has 1 aliphatic heterocycles. The average Bonchev–Trinajstić information content (AvgIpc) is 2.89. The second-order valence-electron chi connectivity index (χ2n) is 6.58. The molecule has 7 heteroatoms. The highest BCUT2D eigenvalue weighted by Gasteiger charge is 2.28. The Morgan fingerprint density at radius 3 is 2.93 bits per heavy atom. The minimum Gasteiger partial charge on any atom is -0.452 e. The molecule has 1 atom stereocenters. The van der Waals surface area contributed by atoms with Crippen LogP contribution >= 0.6 is 0 Å². The van der Waals surface area contributed by atoms with Crippen molar-refractivity contribution in [1.82, 2.24) is 9.55 Å². The number of methoxy groups -OCH3 is 1. The maximum atomic E-state index is 13.1. The number of rotatable bonds is 6. The highest BCUT2D eigenvalue weighted by molar-refractivity contribution is 5.69. The summed E-state index contributed by atoms with van der Waals surface area (Å²) in [6.45, 7) is 0.594. The zero-order valence-corrected chi connectivity index (χ0v) is 15.3. The van der Waals surface area contributed by atoms with Crippen LogP contribution in [0.4, 0.5) is 0 Å². The third-order valence-electron chi connectivity index (χ3n) is 4.95. The first-order chi connectivity index (χ1) is 13.7. The molecule has 2 aliphatic rings. The summed E-state index contributed by atoms with van der Waals surface area (Å²) in [5.74, 6) is 0. The second kappa shape index (κ2) is 7.36. The summed E-state index contributed by atoms with van der Waals surface area (Å²) in [6, 6.07) is 3.73. The Hall–Kier alpha value is -3.32. The number of aromatic nitrogens is 2. The van der Waals surface area contributed by atoms with E-state index in [1.54, 1.807) is 10.6 Å². The van der Waals surface area contributed by atoms with Crippen molar-refractivity contribution in [2.24, 2.45) is 0 Å². The predicted molar refractivity (Wildman–Crippen MR) is 102 cm³/mol. The SMILES string of the molecule is COCc1c(C(C=O)OC=O)cc2n(c1=O)Cc1cc3c(nc1-2)=CCC=CC=3. The first-order valence-electron chi connectivity index (χ1n) is 8.85. The standard InChI is InChI=1S/C21H18N2O5/c1-27-11-16-15(19(10-24)28-12-25)8-18-20-14(9-23(18)21(16)26)7-13-5-3-2-4-6-17(13)22-20/h2-3,5-8,10,12,19H,4,9,11H2,1H3. The Kier molecular flexibility index (Phi) is 4.75. The number of ether oxygens (including phenoxy) is 2. The van der Waals surface area contributed by atoms with Gasteiger partial charge in [-0.1, -0.05) is 24.3 Å². The molecule has 0 spiro atoms. The fraction of sp³-hybridized carbons (Fsp3) is 0.238. The van der Waals surface area contributed by atoms with E-state index in [1.165, 1.54) is 7.11 Å². The van der Waals surface area contributed by atoms with Gasteiger partial charge < -0.3 is 14.0 Å². The Morgan fingerprint density at radius 2 is 2.18 bits per heavy atom. The lowest BCUT2D eigenvalue weighted by molar-refractivity contribution is -0.139. The van der Waals surface area contributed by atoms with E-state index in [9.17, 15) is 14.4 Å². The number of hydrogen-bond acceptors (Lipinski definition) is 6. The monoisotopic (exact) mass is 378 g/mol. The molecule has 0 bridgehead atoms. The molecule has 2 aromatic rings. The van der Waals surface area contributed by atoms with Gasteiger partial charge >= 0.3 is 0 Å². The number of fused-ring (bicyclic) bond motifs is 4. The van der Waals surface area contributed by atoms with Crippen LogP contribution in [0, 0.1) is 0 Å². The van der Waals surface area contributed by atoms with Crippen LogP contribution < -0.4 is 16.1 Å². The summed E-state index contributed by atoms with van der Waals surface area (Å²) < 4.78 is 11.6. The molecule has 2 aromatic heterocycles. The van der Waals surface area contributed by atoms with E-state index >= 15 is 0 Å². The Morgan fingerprint density at radius 1 is 1.32 bits per heavy atom. The zero-order valence-electron chi connectivity index (χ0n) is 15.3. The largest absolute Gasteiger partial charge is 0.452 e. The molecule has 0 fully saturated rings. The van der Waals surface area contributed by atoms with Crippen LogP contribution in [0.2, 0.25) is 0 Å². The Labute approximate surface area is 160 Å². The number of pyridine rings is 2. The lowest BCUT2D eigenvalue weighted by Crippen LogP contribution is -2.28. The van der Waals surface area contributed by atoms with Gasteiger partial charge in [0.25, 0.3) is 12.0 Å². The van der Waals surface area contributed by atoms with Crippen LogP contribution in [-0.2, 0) is 32.2 Å². The maximum absolute atomic E-state index is 13.1. The van der Waals surface area contributed by atoms with Crippen molar-refractivity contribution in [3.8, 4) is 11.4 Å². The molecular weight excluding hydrogens is 360 g/mol. The van der Waals surface area contributed by atoms with Crippen LogP contribution in [0.3, 0.4) is 0 Å². The molecule has 3 heterocycles. The molecule has 1 unspecified atom stereocenters. The van der Waals surface area contributed by atoms with Crippen molar-refractivity contribution in [2.75, 3.05) is 7.11 Å². The zero-order chi connectivity index (χ0) is 19.7. The third kappa shape index (κ3) is 2.90. The van der Waals surface area contributed by atoms with Crippen molar-refractivity contribution in [3.05, 3.63) is 61.9 Å². The lowest BCUT2D eigenvalue weighted by atomic mass is 10.0. The van der Waals surface area contributed by atoms with Gasteiger partial charge in [-0.05, 0) is 18.6 Å². The molecule has 0 saturated heterocycles. The van der Waals surface area contributed by atoms with Crippen molar-refractivity contribution >= 4 is 24.9 Å². The van der Waals surface area contributed by atoms with Crippen molar-refractivity contribution in [2.45, 2.75) is 25.7 Å². The highest BCUT2D eigenvalue weighted by atomic mass is 16.5. The summed E-state index contributed by atoms with van der Waals surface area (Å²) in [6.07, 6.45) is 8.17. The molecule has 0 aromatic carbocycles. The number of carbonyl (C=O) groups excluding carboxylic acids is 2. The van der Waals surface area contributed by atoms with Gasteiger partial charge in [0.15, 0.2) is 12.4 Å². The van der Waals surface area contributed by atoms with Gasteiger partial charge in [-0.3, -0.25) is 14.4 Å². The number of nitrogens with zero attached hydrogens (tertiary/aromatic N) is 2. The summed E-state index contributed by atoms with van der Waals surface area (Å²) in [5.41, 5.74) is 2.56. The van der Waals surface area contributed by atoms with Gasteiger partial charge in [-0.15, -0.1) is 0 Å². The van der Waals surface area contributed by atoms with E-state index in [2.05, 4.69) is 0 Å². The predicted octanol–water partition coefficient (Wildman–Crippen LogP) is 0.352. The minimum absolute atomic E-state index is 0.00757. The molecule has 0 radical (unpaired) electrons. The molecule has 0 N–H and O–H groups in total. The maximum Gasteiger partial charge on any atom is 0.294 e. The Balaban J connectivity index is 1.97. The average molecular weight is 378 g/mol. The third-order valence-corrected chi connectivity index (χ3v) is 4.95. The fourth-order valence-electron chi connectivity index (χ4n) is 3.67. The molecule has 142 valence electrons. The summed E-state index contributed by atoms with van der Waals surface area (Å²) in [5, 5.41) is 1.85. The van der Waals surface area contributed by atoms with E-state index in [1.807, 2.05) is 30.4 Å². The van der Waals surface area contributed by atoms with Crippen molar-refractivity contribution in [3.63, 3.8) is 0 Å². The first kappa shape index (κ1) is 18.1. The van der Waals surface area contributed by atoms with Gasteiger partial charge in [0, 0.05) is 23.5 Å². The van der Waals surface area contributed by atoms with Gasteiger partial charge in [-0.2, -0.15) is 0 Å². The molecule has 0 amide bonds. The second-order valence-corrected chi connectivity index (χ2v) is 6.58. The van der Waals surface area contributed by atoms with E-state index in [0.717, 1.165) is 22.6 Å². The number of allylic oxidation sites excluding steroid dienone is 2. The first-order valence-corrected chi connectivity index (χ1v) is 8.85. The van der Waals surface area contributed by atoms with E-state index in [4.69, 9.17) is 14.5 Å². The summed E-state index contributed by atoms with van der Waals surface area (Å²) in [7, 11) is 1.46. The number of aldehydes is 1. The summed E-state index contributed by atoms with van der Waals surface area (Å²) >= 11 is 0. The molecule has 4 rings (SSSR count). The van der Waals surface area contributed by atoms with Gasteiger partial charge in [0.05, 0.1) is 35.5 Å². The lowest BCUT2D eigenvalue weighted by Gasteiger charge is -2.16. The fourth-order valence-corrected chi connectivity index (χ4v) is 3.67. The van der Waals surface area contributed by atoms with Gasteiger partial charge in [0.1, 0.15) is 0 Å². The van der Waals surface area contributed by atoms with E-state index in [0.29, 0.717) is 35.3 Å². The number of hydrogen-bond donors (Lipinski definition) is 0. The smallest absolute Gasteiger partial charge is 0.294 e. The highest BCUT2D eigenvalue weighted by Crippen LogP contribution is 2.30. The quantitative estimate of drug-likeness (QED) is 0.576. The minimum atomic E-state index is -1.17. The van der Waals surface area contributed by atoms with Gasteiger partial charge in [0.2, 0.25) is 0 Å². The van der Waals surface area contributed by atoms with Crippen LogP contribution in [-0.4, -0.2) is 29.4 Å². The molecule has 28 heavy (non-hydrogen) atoms. The number of carbonyl (C=O) groups is 2. The van der Waals surface area contributed by atoms with Crippen LogP contribution in [0.25, 0.3) is 23.5 Å². The molecule has 7 nitrogen and oxygen atoms in total. The normalized spacial score (nSPS) is 14.6. The summed E-state index contributed by atoms with van der Waals surface area (Å²) in [4.78, 5) is 40.2. The molecule has 1 aliphatic carbocycles. The topological polar surface area (TPSA) is 87.5 Å². The van der Waals surface area contributed by atoms with Crippen LogP contribution in [0.5, 0.6) is 0 Å². The van der Waals surface area contributed by atoms with Crippen LogP contribution in [0.15, 0.2) is 29.1 Å². The van der Waals surface area contributed by atoms with E-state index in [-0.39, 0.29) is 18.6 Å². The van der Waals surface area contributed by atoms with Gasteiger partial charge in [-0.25, -0.2) is 4.98 Å². The molecular formula is C21H18N2O5. The van der Waals surface area contributed by atoms with Crippen molar-refractivity contribution < 1.29 is 19.1 Å². The van der Waals surface area contributed by atoms with E-state index < -0.39 is 6.10 Å². The van der Waals surface area contributed by atoms with Crippen LogP contribution in [0.1, 0.15) is 29.2 Å². The molecule has 0 saturated carbocycles. The Bertz CT molecular complexity index is 1180.